The largest absolute Gasteiger partial charge is 0.307 e. The fourth-order valence-electron chi connectivity index (χ4n) is 1.93. The van der Waals surface area contributed by atoms with Crippen LogP contribution in [0.25, 0.3) is 0 Å². The minimum atomic E-state index is 0.710. The monoisotopic (exact) mass is 180 g/mol. The van der Waals surface area contributed by atoms with Gasteiger partial charge in [-0.1, -0.05) is 25.7 Å². The Hall–Kier alpha value is -0.530. The second kappa shape index (κ2) is 4.64. The normalized spacial score (nSPS) is 26.2. The van der Waals surface area contributed by atoms with Crippen LogP contribution >= 0.6 is 0 Å². The summed E-state index contributed by atoms with van der Waals surface area (Å²) >= 11 is 0. The maximum absolute atomic E-state index is 4.32. The van der Waals surface area contributed by atoms with Crippen molar-refractivity contribution in [1.82, 2.24) is 5.43 Å². The Bertz CT molecular complexity index is 165. The lowest BCUT2D eigenvalue weighted by Crippen LogP contribution is -2.10. The first kappa shape index (κ1) is 9.04. The van der Waals surface area contributed by atoms with Gasteiger partial charge >= 0.3 is 0 Å². The summed E-state index contributed by atoms with van der Waals surface area (Å²) in [6, 6.07) is 0.710. The lowest BCUT2D eigenvalue weighted by Gasteiger charge is -2.06. The van der Waals surface area contributed by atoms with Crippen molar-refractivity contribution in [3.05, 3.63) is 0 Å². The van der Waals surface area contributed by atoms with Crippen LogP contribution in [0.3, 0.4) is 0 Å². The van der Waals surface area contributed by atoms with E-state index < -0.39 is 0 Å². The van der Waals surface area contributed by atoms with E-state index in [-0.39, 0.29) is 0 Å². The van der Waals surface area contributed by atoms with E-state index in [1.54, 1.807) is 0 Å². The molecule has 2 nitrogen and oxygen atoms in total. The van der Waals surface area contributed by atoms with Crippen molar-refractivity contribution in [2.45, 2.75) is 57.4 Å². The quantitative estimate of drug-likeness (QED) is 0.403. The van der Waals surface area contributed by atoms with E-state index in [1.165, 1.54) is 51.4 Å². The summed E-state index contributed by atoms with van der Waals surface area (Å²) in [4.78, 5) is 0. The van der Waals surface area contributed by atoms with E-state index in [0.717, 1.165) is 5.92 Å². The number of nitrogens with zero attached hydrogens (tertiary/aromatic N) is 1. The van der Waals surface area contributed by atoms with E-state index in [2.05, 4.69) is 16.7 Å². The molecular formula is C11H20N2. The number of hydrazone groups is 1. The molecule has 0 amide bonds. The molecule has 2 fully saturated rings. The molecule has 0 radical (unpaired) electrons. The second-order valence-corrected chi connectivity index (χ2v) is 4.43. The van der Waals surface area contributed by atoms with E-state index in [1.807, 2.05) is 0 Å². The Kier molecular flexibility index (Phi) is 3.22. The smallest absolute Gasteiger partial charge is 0.0441 e. The van der Waals surface area contributed by atoms with Gasteiger partial charge in [-0.25, -0.2) is 0 Å². The van der Waals surface area contributed by atoms with E-state index in [9.17, 15) is 0 Å². The summed E-state index contributed by atoms with van der Waals surface area (Å²) in [6.07, 6.45) is 13.2. The molecule has 13 heavy (non-hydrogen) atoms. The number of rotatable bonds is 3. The molecule has 2 aliphatic rings. The van der Waals surface area contributed by atoms with Gasteiger partial charge in [0.1, 0.15) is 0 Å². The molecule has 0 bridgehead atoms. The Morgan fingerprint density at radius 1 is 0.923 bits per heavy atom. The first-order chi connectivity index (χ1) is 6.45. The van der Waals surface area contributed by atoms with Crippen LogP contribution in [0.2, 0.25) is 0 Å². The molecule has 0 aromatic heterocycles. The van der Waals surface area contributed by atoms with Crippen LogP contribution in [-0.4, -0.2) is 12.3 Å². The van der Waals surface area contributed by atoms with Crippen LogP contribution in [0.5, 0.6) is 0 Å². The maximum atomic E-state index is 4.32. The Morgan fingerprint density at radius 2 is 1.62 bits per heavy atom. The Labute approximate surface area is 80.8 Å². The minimum absolute atomic E-state index is 0.710. The van der Waals surface area contributed by atoms with Crippen molar-refractivity contribution < 1.29 is 0 Å². The molecule has 0 spiro atoms. The summed E-state index contributed by atoms with van der Waals surface area (Å²) in [7, 11) is 0. The molecule has 2 aliphatic carbocycles. The van der Waals surface area contributed by atoms with Gasteiger partial charge in [0.25, 0.3) is 0 Å². The highest BCUT2D eigenvalue weighted by Crippen LogP contribution is 2.22. The summed E-state index contributed by atoms with van der Waals surface area (Å²) in [5.41, 5.74) is 3.19. The van der Waals surface area contributed by atoms with Crippen molar-refractivity contribution in [1.29, 1.82) is 0 Å². The first-order valence-electron chi connectivity index (χ1n) is 5.74. The summed E-state index contributed by atoms with van der Waals surface area (Å²) in [6.45, 7) is 0. The molecule has 0 saturated heterocycles. The van der Waals surface area contributed by atoms with Gasteiger partial charge in [0.2, 0.25) is 0 Å². The van der Waals surface area contributed by atoms with Crippen molar-refractivity contribution in [3.8, 4) is 0 Å². The molecule has 0 aliphatic heterocycles. The average Bonchev–Trinajstić information content (AvgIpc) is 2.91. The number of hydrogen-bond donors (Lipinski definition) is 1. The van der Waals surface area contributed by atoms with Crippen LogP contribution in [0.15, 0.2) is 5.10 Å². The summed E-state index contributed by atoms with van der Waals surface area (Å²) in [5.74, 6) is 0.758. The highest BCUT2D eigenvalue weighted by molar-refractivity contribution is 5.60. The van der Waals surface area contributed by atoms with Gasteiger partial charge in [-0.05, 0) is 31.6 Å². The summed E-state index contributed by atoms with van der Waals surface area (Å²) in [5, 5.41) is 4.32. The molecule has 0 aromatic carbocycles. The van der Waals surface area contributed by atoms with Crippen molar-refractivity contribution in [3.63, 3.8) is 0 Å². The molecule has 0 atom stereocenters. The predicted octanol–water partition coefficient (Wildman–Crippen LogP) is 2.69. The lowest BCUT2D eigenvalue weighted by molar-refractivity contribution is 0.593. The molecule has 0 unspecified atom stereocenters. The van der Waals surface area contributed by atoms with E-state index >= 15 is 0 Å². The second-order valence-electron chi connectivity index (χ2n) is 4.43. The number of nitrogens with one attached hydrogen (secondary N) is 1. The Balaban J connectivity index is 1.67. The third kappa shape index (κ3) is 3.37. The molecule has 74 valence electrons. The standard InChI is InChI=1S/C11H20N2/c1-2-4-6-10(5-3-1)9-12-13-11-7-8-11/h9-11,13H,1-8H2/b12-9+. The maximum Gasteiger partial charge on any atom is 0.0441 e. The van der Waals surface area contributed by atoms with Crippen LogP contribution in [0.4, 0.5) is 0 Å². The van der Waals surface area contributed by atoms with Gasteiger partial charge in [-0.3, -0.25) is 0 Å². The van der Waals surface area contributed by atoms with Gasteiger partial charge in [-0.15, -0.1) is 0 Å². The zero-order valence-electron chi connectivity index (χ0n) is 8.34. The van der Waals surface area contributed by atoms with Crippen LogP contribution in [-0.2, 0) is 0 Å². The predicted molar refractivity (Wildman–Crippen MR) is 55.8 cm³/mol. The highest BCUT2D eigenvalue weighted by atomic mass is 15.3. The minimum Gasteiger partial charge on any atom is -0.307 e. The van der Waals surface area contributed by atoms with Crippen molar-refractivity contribution >= 4 is 6.21 Å². The van der Waals surface area contributed by atoms with Gasteiger partial charge in [-0.2, -0.15) is 5.10 Å². The fraction of sp³-hybridized carbons (Fsp3) is 0.909. The van der Waals surface area contributed by atoms with Crippen LogP contribution in [0.1, 0.15) is 51.4 Å². The molecule has 1 N–H and O–H groups in total. The van der Waals surface area contributed by atoms with Crippen molar-refractivity contribution in [2.75, 3.05) is 0 Å². The topological polar surface area (TPSA) is 24.4 Å². The lowest BCUT2D eigenvalue weighted by atomic mass is 10.0. The Morgan fingerprint density at radius 3 is 2.23 bits per heavy atom. The molecule has 2 saturated carbocycles. The van der Waals surface area contributed by atoms with Gasteiger partial charge in [0.15, 0.2) is 0 Å². The average molecular weight is 180 g/mol. The molecular weight excluding hydrogens is 160 g/mol. The SMILES string of the molecule is C(=N\NC1CC1)/C1CCCCCC1. The first-order valence-corrected chi connectivity index (χ1v) is 5.74. The molecule has 0 aromatic rings. The van der Waals surface area contributed by atoms with Crippen LogP contribution in [0, 0.1) is 5.92 Å². The van der Waals surface area contributed by atoms with E-state index in [0.29, 0.717) is 6.04 Å². The molecule has 2 heteroatoms. The molecule has 2 rings (SSSR count). The zero-order chi connectivity index (χ0) is 8.93. The van der Waals surface area contributed by atoms with Crippen LogP contribution < -0.4 is 5.43 Å². The zero-order valence-corrected chi connectivity index (χ0v) is 8.34. The van der Waals surface area contributed by atoms with Gasteiger partial charge in [0, 0.05) is 12.3 Å². The third-order valence-corrected chi connectivity index (χ3v) is 3.02. The fourth-order valence-corrected chi connectivity index (χ4v) is 1.93. The van der Waals surface area contributed by atoms with Gasteiger partial charge in [0.05, 0.1) is 0 Å². The van der Waals surface area contributed by atoms with E-state index in [4.69, 9.17) is 0 Å². The third-order valence-electron chi connectivity index (χ3n) is 3.02. The summed E-state index contributed by atoms with van der Waals surface area (Å²) < 4.78 is 0. The van der Waals surface area contributed by atoms with Crippen molar-refractivity contribution in [2.24, 2.45) is 11.0 Å². The highest BCUT2D eigenvalue weighted by Gasteiger charge is 2.19. The molecule has 0 heterocycles. The van der Waals surface area contributed by atoms with Gasteiger partial charge < -0.3 is 5.43 Å². The number of hydrogen-bond acceptors (Lipinski definition) is 2.